The number of carbonyl (C=O) groups is 2. The van der Waals surface area contributed by atoms with Crippen LogP contribution in [0.1, 0.15) is 33.6 Å². The Balaban J connectivity index is 2.79. The molecule has 0 spiro atoms. The Bertz CT molecular complexity index is 308. The van der Waals surface area contributed by atoms with Gasteiger partial charge in [-0.2, -0.15) is 0 Å². The van der Waals surface area contributed by atoms with Crippen LogP contribution in [0.5, 0.6) is 0 Å². The van der Waals surface area contributed by atoms with Crippen molar-refractivity contribution in [3.05, 3.63) is 0 Å². The molecule has 0 aliphatic carbocycles. The molecule has 2 unspecified atom stereocenters. The van der Waals surface area contributed by atoms with Crippen LogP contribution in [0, 0.1) is 11.3 Å². The first kappa shape index (κ1) is 14.0. The van der Waals surface area contributed by atoms with Gasteiger partial charge < -0.3 is 10.2 Å². The number of rotatable bonds is 3. The Labute approximate surface area is 101 Å². The molecule has 2 atom stereocenters. The summed E-state index contributed by atoms with van der Waals surface area (Å²) >= 11 is 0. The fourth-order valence-corrected chi connectivity index (χ4v) is 2.50. The monoisotopic (exact) mass is 243 g/mol. The van der Waals surface area contributed by atoms with Gasteiger partial charge in [0.25, 0.3) is 0 Å². The Morgan fingerprint density at radius 3 is 2.29 bits per heavy atom. The smallest absolute Gasteiger partial charge is 0.317 e. The van der Waals surface area contributed by atoms with Crippen molar-refractivity contribution in [2.24, 2.45) is 11.3 Å². The lowest BCUT2D eigenvalue weighted by molar-refractivity contribution is -0.146. The summed E-state index contributed by atoms with van der Waals surface area (Å²) in [6.07, 6.45) is 1.07. The first-order chi connectivity index (χ1) is 7.71. The maximum atomic E-state index is 11.0. The van der Waals surface area contributed by atoms with Crippen molar-refractivity contribution >= 4 is 11.9 Å². The molecule has 1 aliphatic heterocycles. The Morgan fingerprint density at radius 2 is 1.88 bits per heavy atom. The number of carboxylic acid groups (broad SMARTS) is 2. The molecule has 0 amide bonds. The molecule has 0 aromatic heterocycles. The van der Waals surface area contributed by atoms with Gasteiger partial charge in [0.15, 0.2) is 0 Å². The topological polar surface area (TPSA) is 77.8 Å². The van der Waals surface area contributed by atoms with Crippen LogP contribution in [0.3, 0.4) is 0 Å². The second-order valence-corrected chi connectivity index (χ2v) is 5.81. The minimum absolute atomic E-state index is 0.00568. The van der Waals surface area contributed by atoms with Gasteiger partial charge in [-0.1, -0.05) is 20.8 Å². The minimum Gasteiger partial charge on any atom is -0.481 e. The van der Waals surface area contributed by atoms with Crippen LogP contribution in [0.4, 0.5) is 0 Å². The summed E-state index contributed by atoms with van der Waals surface area (Å²) in [5, 5.41) is 17.9. The van der Waals surface area contributed by atoms with Gasteiger partial charge in [0.05, 0.1) is 12.5 Å². The highest BCUT2D eigenvalue weighted by Crippen LogP contribution is 2.34. The Hall–Kier alpha value is -1.10. The third kappa shape index (κ3) is 3.70. The van der Waals surface area contributed by atoms with E-state index in [-0.39, 0.29) is 23.9 Å². The fourth-order valence-electron chi connectivity index (χ4n) is 2.50. The summed E-state index contributed by atoms with van der Waals surface area (Å²) in [6.45, 7) is 6.61. The number of hydrogen-bond donors (Lipinski definition) is 2. The zero-order valence-corrected chi connectivity index (χ0v) is 10.6. The van der Waals surface area contributed by atoms with Gasteiger partial charge in [-0.3, -0.25) is 14.5 Å². The quantitative estimate of drug-likeness (QED) is 0.780. The highest BCUT2D eigenvalue weighted by molar-refractivity contribution is 5.71. The van der Waals surface area contributed by atoms with E-state index < -0.39 is 11.9 Å². The molecule has 1 aliphatic rings. The third-order valence-electron chi connectivity index (χ3n) is 3.40. The predicted octanol–water partition coefficient (Wildman–Crippen LogP) is 1.28. The summed E-state index contributed by atoms with van der Waals surface area (Å²) in [7, 11) is 0. The predicted molar refractivity (Wildman–Crippen MR) is 62.8 cm³/mol. The summed E-state index contributed by atoms with van der Waals surface area (Å²) < 4.78 is 0. The van der Waals surface area contributed by atoms with E-state index in [1.54, 1.807) is 0 Å². The number of aliphatic carboxylic acids is 2. The van der Waals surface area contributed by atoms with Gasteiger partial charge in [0, 0.05) is 6.04 Å². The van der Waals surface area contributed by atoms with Gasteiger partial charge in [-0.15, -0.1) is 0 Å². The molecule has 0 radical (unpaired) electrons. The molecule has 98 valence electrons. The van der Waals surface area contributed by atoms with Gasteiger partial charge in [0.1, 0.15) is 0 Å². The SMILES string of the molecule is CC(C)(C)C1CC(C(=O)O)CCN1CC(=O)O. The fraction of sp³-hybridized carbons (Fsp3) is 0.833. The molecular formula is C12H21NO4. The molecule has 1 heterocycles. The highest BCUT2D eigenvalue weighted by atomic mass is 16.4. The zero-order valence-electron chi connectivity index (χ0n) is 10.6. The van der Waals surface area contributed by atoms with Crippen LogP contribution in [-0.4, -0.2) is 46.2 Å². The number of carboxylic acids is 2. The highest BCUT2D eigenvalue weighted by Gasteiger charge is 2.38. The van der Waals surface area contributed by atoms with E-state index in [1.165, 1.54) is 0 Å². The molecule has 1 saturated heterocycles. The molecule has 5 nitrogen and oxygen atoms in total. The van der Waals surface area contributed by atoms with Gasteiger partial charge in [-0.05, 0) is 24.8 Å². The zero-order chi connectivity index (χ0) is 13.2. The lowest BCUT2D eigenvalue weighted by atomic mass is 9.77. The van der Waals surface area contributed by atoms with Gasteiger partial charge in [-0.25, -0.2) is 0 Å². The lowest BCUT2D eigenvalue weighted by Crippen LogP contribution is -2.52. The van der Waals surface area contributed by atoms with Crippen molar-refractivity contribution in [1.82, 2.24) is 4.90 Å². The molecule has 0 bridgehead atoms. The molecule has 5 heteroatoms. The maximum absolute atomic E-state index is 11.0. The third-order valence-corrected chi connectivity index (χ3v) is 3.40. The molecule has 0 saturated carbocycles. The summed E-state index contributed by atoms with van der Waals surface area (Å²) in [5.74, 6) is -1.97. The molecule has 17 heavy (non-hydrogen) atoms. The molecule has 1 fully saturated rings. The van der Waals surface area contributed by atoms with Crippen molar-refractivity contribution in [3.8, 4) is 0 Å². The average Bonchev–Trinajstić information content (AvgIpc) is 2.15. The minimum atomic E-state index is -0.854. The van der Waals surface area contributed by atoms with Crippen molar-refractivity contribution in [1.29, 1.82) is 0 Å². The first-order valence-electron chi connectivity index (χ1n) is 5.90. The Kier molecular flexibility index (Phi) is 4.14. The molecule has 0 aromatic carbocycles. The lowest BCUT2D eigenvalue weighted by Gasteiger charge is -2.44. The van der Waals surface area contributed by atoms with E-state index >= 15 is 0 Å². The second kappa shape index (κ2) is 5.04. The summed E-state index contributed by atoms with van der Waals surface area (Å²) in [5.41, 5.74) is -0.108. The van der Waals surface area contributed by atoms with E-state index in [2.05, 4.69) is 0 Å². The standard InChI is InChI=1S/C12H21NO4/c1-12(2,3)9-6-8(11(16)17)4-5-13(9)7-10(14)15/h8-9H,4-7H2,1-3H3,(H,14,15)(H,16,17). The number of piperidine rings is 1. The van der Waals surface area contributed by atoms with Crippen LogP contribution in [0.15, 0.2) is 0 Å². The van der Waals surface area contributed by atoms with Crippen molar-refractivity contribution in [2.45, 2.75) is 39.7 Å². The number of nitrogens with zero attached hydrogens (tertiary/aromatic N) is 1. The second-order valence-electron chi connectivity index (χ2n) is 5.81. The molecule has 1 rings (SSSR count). The van der Waals surface area contributed by atoms with E-state index in [4.69, 9.17) is 10.2 Å². The number of likely N-dealkylation sites (tertiary alicyclic amines) is 1. The van der Waals surface area contributed by atoms with Gasteiger partial charge in [0.2, 0.25) is 0 Å². The van der Waals surface area contributed by atoms with Crippen molar-refractivity contribution in [2.75, 3.05) is 13.1 Å². The average molecular weight is 243 g/mol. The molecule has 0 aromatic rings. The summed E-state index contributed by atoms with van der Waals surface area (Å²) in [6, 6.07) is 0.00782. The van der Waals surface area contributed by atoms with Crippen LogP contribution < -0.4 is 0 Å². The maximum Gasteiger partial charge on any atom is 0.317 e. The normalized spacial score (nSPS) is 26.8. The molecule has 2 N–H and O–H groups in total. The van der Waals surface area contributed by atoms with Crippen LogP contribution in [-0.2, 0) is 9.59 Å². The van der Waals surface area contributed by atoms with E-state index in [0.29, 0.717) is 19.4 Å². The largest absolute Gasteiger partial charge is 0.481 e. The van der Waals surface area contributed by atoms with Gasteiger partial charge >= 0.3 is 11.9 Å². The van der Waals surface area contributed by atoms with E-state index in [0.717, 1.165) is 0 Å². The van der Waals surface area contributed by atoms with Crippen molar-refractivity contribution in [3.63, 3.8) is 0 Å². The van der Waals surface area contributed by atoms with Crippen molar-refractivity contribution < 1.29 is 19.8 Å². The van der Waals surface area contributed by atoms with Crippen LogP contribution >= 0.6 is 0 Å². The van der Waals surface area contributed by atoms with E-state index in [9.17, 15) is 9.59 Å². The van der Waals surface area contributed by atoms with Crippen LogP contribution in [0.25, 0.3) is 0 Å². The summed E-state index contributed by atoms with van der Waals surface area (Å²) in [4.78, 5) is 23.7. The molecular weight excluding hydrogens is 222 g/mol. The van der Waals surface area contributed by atoms with Crippen LogP contribution in [0.2, 0.25) is 0 Å². The van der Waals surface area contributed by atoms with E-state index in [1.807, 2.05) is 25.7 Å². The Morgan fingerprint density at radius 1 is 1.29 bits per heavy atom. The number of hydrogen-bond acceptors (Lipinski definition) is 3. The first-order valence-corrected chi connectivity index (χ1v) is 5.90.